The van der Waals surface area contributed by atoms with Gasteiger partial charge in [0.25, 0.3) is 0 Å². The molecule has 0 radical (unpaired) electrons. The second-order valence-electron chi connectivity index (χ2n) is 7.08. The van der Waals surface area contributed by atoms with E-state index in [-0.39, 0.29) is 17.7 Å². The third-order valence-corrected chi connectivity index (χ3v) is 6.75. The Morgan fingerprint density at radius 2 is 1.81 bits per heavy atom. The highest BCUT2D eigenvalue weighted by molar-refractivity contribution is 7.91. The fourth-order valence-electron chi connectivity index (χ4n) is 3.46. The zero-order valence-electron chi connectivity index (χ0n) is 15.4. The van der Waals surface area contributed by atoms with Crippen molar-refractivity contribution < 1.29 is 13.2 Å². The lowest BCUT2D eigenvalue weighted by Gasteiger charge is -2.30. The quantitative estimate of drug-likeness (QED) is 0.704. The number of carbonyl (C=O) groups is 1. The number of piperidine rings is 1. The molecular weight excluding hydrogens is 362 g/mol. The normalized spacial score (nSPS) is 16.5. The number of benzene rings is 2. The second kappa shape index (κ2) is 8.82. The zero-order chi connectivity index (χ0) is 19.3. The third kappa shape index (κ3) is 5.06. The van der Waals surface area contributed by atoms with E-state index in [2.05, 4.69) is 5.32 Å². The molecule has 1 fully saturated rings. The van der Waals surface area contributed by atoms with Crippen LogP contribution in [0.3, 0.4) is 0 Å². The van der Waals surface area contributed by atoms with Crippen molar-refractivity contribution in [2.24, 2.45) is 11.7 Å². The molecule has 0 aliphatic carbocycles. The molecule has 1 aliphatic rings. The van der Waals surface area contributed by atoms with E-state index >= 15 is 0 Å². The highest BCUT2D eigenvalue weighted by atomic mass is 32.2. The molecule has 2 aromatic carbocycles. The topological polar surface area (TPSA) is 92.5 Å². The van der Waals surface area contributed by atoms with E-state index in [1.54, 1.807) is 12.1 Å². The van der Waals surface area contributed by atoms with Crippen LogP contribution in [0.2, 0.25) is 0 Å². The van der Waals surface area contributed by atoms with Crippen LogP contribution in [-0.2, 0) is 14.6 Å². The SMILES string of the molecule is NCCCNC(=O)C1CCN(CS(=O)(=O)c2ccc3ccccc3c2)CC1. The minimum absolute atomic E-state index is 0.00709. The van der Waals surface area contributed by atoms with Crippen molar-refractivity contribution in [2.45, 2.75) is 24.2 Å². The van der Waals surface area contributed by atoms with Crippen LogP contribution in [0.5, 0.6) is 0 Å². The molecule has 146 valence electrons. The maximum absolute atomic E-state index is 12.8. The fraction of sp³-hybridized carbons (Fsp3) is 0.450. The van der Waals surface area contributed by atoms with Crippen LogP contribution in [0.4, 0.5) is 0 Å². The molecule has 0 aromatic heterocycles. The number of hydrogen-bond donors (Lipinski definition) is 2. The van der Waals surface area contributed by atoms with Crippen LogP contribution in [0.15, 0.2) is 47.4 Å². The summed E-state index contributed by atoms with van der Waals surface area (Å²) < 4.78 is 25.6. The summed E-state index contributed by atoms with van der Waals surface area (Å²) in [5, 5.41) is 4.85. The van der Waals surface area contributed by atoms with Crippen LogP contribution in [0.25, 0.3) is 10.8 Å². The Morgan fingerprint density at radius 3 is 2.52 bits per heavy atom. The molecule has 0 bridgehead atoms. The maximum Gasteiger partial charge on any atom is 0.223 e. The molecule has 2 aromatic rings. The molecule has 0 spiro atoms. The molecule has 27 heavy (non-hydrogen) atoms. The van der Waals surface area contributed by atoms with Gasteiger partial charge in [-0.15, -0.1) is 0 Å². The number of amides is 1. The lowest BCUT2D eigenvalue weighted by atomic mass is 9.96. The largest absolute Gasteiger partial charge is 0.356 e. The molecule has 3 rings (SSSR count). The Balaban J connectivity index is 1.58. The molecule has 3 N–H and O–H groups in total. The van der Waals surface area contributed by atoms with Gasteiger partial charge in [0, 0.05) is 12.5 Å². The van der Waals surface area contributed by atoms with Crippen LogP contribution in [0, 0.1) is 5.92 Å². The van der Waals surface area contributed by atoms with Gasteiger partial charge in [-0.05, 0) is 61.8 Å². The molecule has 1 amide bonds. The number of carbonyl (C=O) groups excluding carboxylic acids is 1. The number of hydrogen-bond acceptors (Lipinski definition) is 5. The molecule has 1 aliphatic heterocycles. The molecule has 7 heteroatoms. The van der Waals surface area contributed by atoms with Crippen molar-refractivity contribution in [3.8, 4) is 0 Å². The standard InChI is InChI=1S/C20H27N3O3S/c21-10-3-11-22-20(24)17-8-12-23(13-9-17)15-27(25,26)19-7-6-16-4-1-2-5-18(16)14-19/h1-2,4-7,14,17H,3,8-13,15,21H2,(H,22,24). The van der Waals surface area contributed by atoms with Gasteiger partial charge in [0.1, 0.15) is 5.88 Å². The minimum Gasteiger partial charge on any atom is -0.356 e. The van der Waals surface area contributed by atoms with Gasteiger partial charge in [-0.3, -0.25) is 9.69 Å². The molecule has 0 atom stereocenters. The lowest BCUT2D eigenvalue weighted by molar-refractivity contribution is -0.126. The fourth-order valence-corrected chi connectivity index (χ4v) is 4.93. The Labute approximate surface area is 160 Å². The molecule has 0 saturated carbocycles. The Bertz CT molecular complexity index is 890. The predicted octanol–water partition coefficient (Wildman–Crippen LogP) is 1.75. The summed E-state index contributed by atoms with van der Waals surface area (Å²) in [5.41, 5.74) is 5.43. The average Bonchev–Trinajstić information content (AvgIpc) is 2.68. The third-order valence-electron chi connectivity index (χ3n) is 5.07. The second-order valence-corrected chi connectivity index (χ2v) is 9.04. The molecule has 1 saturated heterocycles. The van der Waals surface area contributed by atoms with Gasteiger partial charge < -0.3 is 11.1 Å². The van der Waals surface area contributed by atoms with Crippen LogP contribution < -0.4 is 11.1 Å². The van der Waals surface area contributed by atoms with Gasteiger partial charge in [-0.25, -0.2) is 8.42 Å². The number of rotatable bonds is 7. The van der Waals surface area contributed by atoms with Crippen molar-refractivity contribution in [1.82, 2.24) is 10.2 Å². The van der Waals surface area contributed by atoms with Crippen molar-refractivity contribution in [1.29, 1.82) is 0 Å². The summed E-state index contributed by atoms with van der Waals surface area (Å²) in [5.74, 6) is 0.00947. The summed E-state index contributed by atoms with van der Waals surface area (Å²) in [4.78, 5) is 14.4. The zero-order valence-corrected chi connectivity index (χ0v) is 16.2. The molecule has 6 nitrogen and oxygen atoms in total. The van der Waals surface area contributed by atoms with E-state index in [1.165, 1.54) is 0 Å². The first-order valence-corrected chi connectivity index (χ1v) is 11.1. The summed E-state index contributed by atoms with van der Waals surface area (Å²) in [6.45, 7) is 2.39. The Morgan fingerprint density at radius 1 is 1.11 bits per heavy atom. The molecule has 1 heterocycles. The first-order valence-electron chi connectivity index (χ1n) is 9.41. The van der Waals surface area contributed by atoms with E-state index in [1.807, 2.05) is 35.2 Å². The number of sulfone groups is 1. The van der Waals surface area contributed by atoms with Gasteiger partial charge in [0.15, 0.2) is 9.84 Å². The number of nitrogens with zero attached hydrogens (tertiary/aromatic N) is 1. The van der Waals surface area contributed by atoms with Gasteiger partial charge >= 0.3 is 0 Å². The average molecular weight is 390 g/mol. The lowest BCUT2D eigenvalue weighted by Crippen LogP contribution is -2.42. The molecular formula is C20H27N3O3S. The number of nitrogens with one attached hydrogen (secondary N) is 1. The number of nitrogens with two attached hydrogens (primary N) is 1. The predicted molar refractivity (Wildman–Crippen MR) is 107 cm³/mol. The van der Waals surface area contributed by atoms with Crippen molar-refractivity contribution in [3.63, 3.8) is 0 Å². The summed E-state index contributed by atoms with van der Waals surface area (Å²) in [6, 6.07) is 13.0. The van der Waals surface area contributed by atoms with E-state index in [4.69, 9.17) is 5.73 Å². The van der Waals surface area contributed by atoms with Gasteiger partial charge in [0.05, 0.1) is 4.90 Å². The Hall–Kier alpha value is -1.96. The highest BCUT2D eigenvalue weighted by Gasteiger charge is 2.27. The summed E-state index contributed by atoms with van der Waals surface area (Å²) >= 11 is 0. The first-order chi connectivity index (χ1) is 13.0. The number of likely N-dealkylation sites (tertiary alicyclic amines) is 1. The van der Waals surface area contributed by atoms with E-state index in [0.29, 0.717) is 43.9 Å². The van der Waals surface area contributed by atoms with Crippen molar-refractivity contribution in [2.75, 3.05) is 32.1 Å². The minimum atomic E-state index is -3.40. The summed E-state index contributed by atoms with van der Waals surface area (Å²) in [7, 11) is -3.40. The molecule has 0 unspecified atom stereocenters. The van der Waals surface area contributed by atoms with Crippen LogP contribution >= 0.6 is 0 Å². The Kier molecular flexibility index (Phi) is 6.46. The van der Waals surface area contributed by atoms with E-state index in [9.17, 15) is 13.2 Å². The number of fused-ring (bicyclic) bond motifs is 1. The van der Waals surface area contributed by atoms with Gasteiger partial charge in [0.2, 0.25) is 5.91 Å². The van der Waals surface area contributed by atoms with Gasteiger partial charge in [-0.2, -0.15) is 0 Å². The van der Waals surface area contributed by atoms with Crippen molar-refractivity contribution in [3.05, 3.63) is 42.5 Å². The maximum atomic E-state index is 12.8. The van der Waals surface area contributed by atoms with E-state index in [0.717, 1.165) is 17.2 Å². The summed E-state index contributed by atoms with van der Waals surface area (Å²) in [6.07, 6.45) is 2.14. The van der Waals surface area contributed by atoms with Gasteiger partial charge in [-0.1, -0.05) is 30.3 Å². The monoisotopic (exact) mass is 389 g/mol. The highest BCUT2D eigenvalue weighted by Crippen LogP contribution is 2.23. The van der Waals surface area contributed by atoms with E-state index < -0.39 is 9.84 Å². The van der Waals surface area contributed by atoms with Crippen LogP contribution in [0.1, 0.15) is 19.3 Å². The smallest absolute Gasteiger partial charge is 0.223 e. The first kappa shape index (κ1) is 19.8. The van der Waals surface area contributed by atoms with Crippen molar-refractivity contribution >= 4 is 26.5 Å². The van der Waals surface area contributed by atoms with Crippen LogP contribution in [-0.4, -0.2) is 51.3 Å².